The van der Waals surface area contributed by atoms with Gasteiger partial charge in [0.05, 0.1) is 19.9 Å². The van der Waals surface area contributed by atoms with Gasteiger partial charge in [-0.05, 0) is 29.7 Å². The van der Waals surface area contributed by atoms with Gasteiger partial charge in [-0.3, -0.25) is 9.67 Å². The highest BCUT2D eigenvalue weighted by Gasteiger charge is 2.02. The molecule has 0 bridgehead atoms. The molecular weight excluding hydrogens is 350 g/mol. The minimum absolute atomic E-state index is 0.678. The van der Waals surface area contributed by atoms with Crippen LogP contribution in [0, 0.1) is 0 Å². The monoisotopic (exact) mass is 377 g/mol. The molecule has 2 N–H and O–H groups in total. The number of guanidine groups is 1. The van der Waals surface area contributed by atoms with Crippen LogP contribution in [0.4, 0.5) is 0 Å². The first-order valence-electron chi connectivity index (χ1n) is 9.39. The molecule has 1 heterocycles. The van der Waals surface area contributed by atoms with Crippen LogP contribution in [0.15, 0.2) is 72.0 Å². The Morgan fingerprint density at radius 1 is 1.00 bits per heavy atom. The molecule has 28 heavy (non-hydrogen) atoms. The average Bonchev–Trinajstić information content (AvgIpc) is 3.19. The van der Waals surface area contributed by atoms with Gasteiger partial charge < -0.3 is 15.4 Å². The van der Waals surface area contributed by atoms with Crippen molar-refractivity contribution in [2.75, 3.05) is 20.7 Å². The van der Waals surface area contributed by atoms with Crippen LogP contribution in [0.25, 0.3) is 0 Å². The highest BCUT2D eigenvalue weighted by molar-refractivity contribution is 5.79. The molecule has 146 valence electrons. The van der Waals surface area contributed by atoms with Crippen molar-refractivity contribution in [3.8, 4) is 5.75 Å². The zero-order valence-corrected chi connectivity index (χ0v) is 16.4. The molecule has 0 saturated heterocycles. The van der Waals surface area contributed by atoms with E-state index in [0.717, 1.165) is 36.8 Å². The first-order valence-corrected chi connectivity index (χ1v) is 9.39. The molecule has 0 spiro atoms. The van der Waals surface area contributed by atoms with Crippen LogP contribution in [-0.4, -0.2) is 36.4 Å². The predicted molar refractivity (Wildman–Crippen MR) is 113 cm³/mol. The van der Waals surface area contributed by atoms with E-state index in [1.54, 1.807) is 14.2 Å². The maximum atomic E-state index is 5.19. The van der Waals surface area contributed by atoms with E-state index in [9.17, 15) is 0 Å². The maximum Gasteiger partial charge on any atom is 0.191 e. The van der Waals surface area contributed by atoms with Crippen LogP contribution in [0.1, 0.15) is 16.7 Å². The van der Waals surface area contributed by atoms with Crippen molar-refractivity contribution in [1.29, 1.82) is 0 Å². The third-order valence-electron chi connectivity index (χ3n) is 4.42. The summed E-state index contributed by atoms with van der Waals surface area (Å²) in [5.74, 6) is 1.66. The van der Waals surface area contributed by atoms with E-state index < -0.39 is 0 Å². The Kier molecular flexibility index (Phi) is 7.07. The molecule has 3 rings (SSSR count). The van der Waals surface area contributed by atoms with E-state index in [0.29, 0.717) is 6.54 Å². The SMILES string of the molecule is CN=C(NCCc1ccc(OC)cc1)NCc1cnn(Cc2ccccc2)c1. The third-order valence-corrected chi connectivity index (χ3v) is 4.42. The molecule has 0 unspecified atom stereocenters. The summed E-state index contributed by atoms with van der Waals surface area (Å²) in [6.45, 7) is 2.26. The third kappa shape index (κ3) is 5.87. The van der Waals surface area contributed by atoms with Crippen LogP contribution in [0.2, 0.25) is 0 Å². The molecule has 0 saturated carbocycles. The highest BCUT2D eigenvalue weighted by Crippen LogP contribution is 2.11. The normalized spacial score (nSPS) is 11.3. The molecule has 2 aromatic carbocycles. The Balaban J connectivity index is 1.42. The van der Waals surface area contributed by atoms with Gasteiger partial charge in [0.2, 0.25) is 0 Å². The van der Waals surface area contributed by atoms with Gasteiger partial charge in [-0.15, -0.1) is 0 Å². The first kappa shape index (κ1) is 19.5. The minimum Gasteiger partial charge on any atom is -0.497 e. The summed E-state index contributed by atoms with van der Waals surface area (Å²) in [5, 5.41) is 11.1. The Morgan fingerprint density at radius 3 is 2.50 bits per heavy atom. The van der Waals surface area contributed by atoms with Crippen molar-refractivity contribution in [3.05, 3.63) is 83.7 Å². The number of benzene rings is 2. The molecule has 0 amide bonds. The van der Waals surface area contributed by atoms with Crippen LogP contribution in [0.3, 0.4) is 0 Å². The molecule has 0 aliphatic heterocycles. The van der Waals surface area contributed by atoms with E-state index in [4.69, 9.17) is 4.74 Å². The molecule has 0 fully saturated rings. The number of rotatable bonds is 8. The van der Waals surface area contributed by atoms with E-state index in [2.05, 4.69) is 51.2 Å². The van der Waals surface area contributed by atoms with Gasteiger partial charge in [0.1, 0.15) is 5.75 Å². The van der Waals surface area contributed by atoms with E-state index in [1.807, 2.05) is 41.2 Å². The smallest absolute Gasteiger partial charge is 0.191 e. The summed E-state index contributed by atoms with van der Waals surface area (Å²) in [5.41, 5.74) is 3.61. The summed E-state index contributed by atoms with van der Waals surface area (Å²) >= 11 is 0. The lowest BCUT2D eigenvalue weighted by atomic mass is 10.1. The summed E-state index contributed by atoms with van der Waals surface area (Å²) in [6, 6.07) is 18.4. The molecule has 1 aromatic heterocycles. The van der Waals surface area contributed by atoms with Crippen LogP contribution in [-0.2, 0) is 19.5 Å². The molecule has 0 aliphatic carbocycles. The maximum absolute atomic E-state index is 5.19. The van der Waals surface area contributed by atoms with Gasteiger partial charge in [0.15, 0.2) is 5.96 Å². The molecule has 0 radical (unpaired) electrons. The van der Waals surface area contributed by atoms with E-state index in [-0.39, 0.29) is 0 Å². The Morgan fingerprint density at radius 2 is 1.79 bits per heavy atom. The number of nitrogens with one attached hydrogen (secondary N) is 2. The fourth-order valence-electron chi connectivity index (χ4n) is 2.88. The zero-order chi connectivity index (χ0) is 19.6. The lowest BCUT2D eigenvalue weighted by Gasteiger charge is -2.11. The number of nitrogens with zero attached hydrogens (tertiary/aromatic N) is 3. The second-order valence-electron chi connectivity index (χ2n) is 6.48. The lowest BCUT2D eigenvalue weighted by Crippen LogP contribution is -2.37. The van der Waals surface area contributed by atoms with Crippen molar-refractivity contribution in [2.24, 2.45) is 4.99 Å². The second kappa shape index (κ2) is 10.2. The topological polar surface area (TPSA) is 63.5 Å². The number of aliphatic imine (C=N–C) groups is 1. The fourth-order valence-corrected chi connectivity index (χ4v) is 2.88. The Labute approximate surface area is 166 Å². The van der Waals surface area contributed by atoms with E-state index >= 15 is 0 Å². The summed E-state index contributed by atoms with van der Waals surface area (Å²) in [7, 11) is 3.46. The molecule has 3 aromatic rings. The average molecular weight is 377 g/mol. The zero-order valence-electron chi connectivity index (χ0n) is 16.4. The van der Waals surface area contributed by atoms with Gasteiger partial charge in [0.25, 0.3) is 0 Å². The van der Waals surface area contributed by atoms with Gasteiger partial charge in [-0.1, -0.05) is 42.5 Å². The lowest BCUT2D eigenvalue weighted by molar-refractivity contribution is 0.414. The number of ether oxygens (including phenoxy) is 1. The predicted octanol–water partition coefficient (Wildman–Crippen LogP) is 2.85. The number of aromatic nitrogens is 2. The molecule has 6 heteroatoms. The van der Waals surface area contributed by atoms with Crippen LogP contribution >= 0.6 is 0 Å². The number of hydrogen-bond acceptors (Lipinski definition) is 3. The van der Waals surface area contributed by atoms with Gasteiger partial charge in [-0.25, -0.2) is 0 Å². The van der Waals surface area contributed by atoms with Gasteiger partial charge in [-0.2, -0.15) is 5.10 Å². The van der Waals surface area contributed by atoms with Crippen molar-refractivity contribution in [3.63, 3.8) is 0 Å². The molecule has 6 nitrogen and oxygen atoms in total. The molecule has 0 aliphatic rings. The second-order valence-corrected chi connectivity index (χ2v) is 6.48. The standard InChI is InChI=1S/C22H27N5O/c1-23-22(24-13-12-18-8-10-21(28-2)11-9-18)25-14-20-15-26-27(17-20)16-19-6-4-3-5-7-19/h3-11,15,17H,12-14,16H2,1-2H3,(H2,23,24,25). The summed E-state index contributed by atoms with van der Waals surface area (Å²) in [6.07, 6.45) is 4.87. The quantitative estimate of drug-likeness (QED) is 0.468. The van der Waals surface area contributed by atoms with Crippen molar-refractivity contribution < 1.29 is 4.74 Å². The number of hydrogen-bond donors (Lipinski definition) is 2. The summed E-state index contributed by atoms with van der Waals surface area (Å²) < 4.78 is 7.14. The van der Waals surface area contributed by atoms with Gasteiger partial charge in [0, 0.05) is 31.9 Å². The van der Waals surface area contributed by atoms with Crippen molar-refractivity contribution in [2.45, 2.75) is 19.5 Å². The van der Waals surface area contributed by atoms with Crippen molar-refractivity contribution in [1.82, 2.24) is 20.4 Å². The highest BCUT2D eigenvalue weighted by atomic mass is 16.5. The molecular formula is C22H27N5O. The van der Waals surface area contributed by atoms with E-state index in [1.165, 1.54) is 11.1 Å². The van der Waals surface area contributed by atoms with Crippen molar-refractivity contribution >= 4 is 5.96 Å². The van der Waals surface area contributed by atoms with Crippen LogP contribution in [0.5, 0.6) is 5.75 Å². The van der Waals surface area contributed by atoms with Crippen LogP contribution < -0.4 is 15.4 Å². The fraction of sp³-hybridized carbons (Fsp3) is 0.273. The number of methoxy groups -OCH3 is 1. The first-order chi connectivity index (χ1) is 13.8. The Bertz CT molecular complexity index is 871. The Hall–Kier alpha value is -3.28. The summed E-state index contributed by atoms with van der Waals surface area (Å²) in [4.78, 5) is 4.28. The molecule has 0 atom stereocenters. The van der Waals surface area contributed by atoms with Gasteiger partial charge >= 0.3 is 0 Å². The minimum atomic E-state index is 0.678. The largest absolute Gasteiger partial charge is 0.497 e.